The molecule has 0 radical (unpaired) electrons. The fraction of sp³-hybridized carbons (Fsp3) is 0.0909. The van der Waals surface area contributed by atoms with Crippen molar-refractivity contribution in [3.05, 3.63) is 86.6 Å². The van der Waals surface area contributed by atoms with E-state index in [9.17, 15) is 14.9 Å². The smallest absolute Gasteiger partial charge is 0.280 e. The summed E-state index contributed by atoms with van der Waals surface area (Å²) in [7, 11) is 0. The van der Waals surface area contributed by atoms with Gasteiger partial charge in [0.25, 0.3) is 11.6 Å². The first kappa shape index (κ1) is 19.6. The van der Waals surface area contributed by atoms with Crippen molar-refractivity contribution in [2.45, 2.75) is 13.8 Å². The van der Waals surface area contributed by atoms with Crippen molar-refractivity contribution in [3.8, 4) is 11.3 Å². The number of furan rings is 1. The molecule has 4 rings (SSSR count). The van der Waals surface area contributed by atoms with Crippen LogP contribution in [-0.2, 0) is 4.79 Å². The number of carbonyl (C=O) groups excluding carboxylic acids is 1. The van der Waals surface area contributed by atoms with Gasteiger partial charge in [-0.25, -0.2) is 0 Å². The molecule has 1 amide bonds. The van der Waals surface area contributed by atoms with Crippen LogP contribution < -0.4 is 5.01 Å². The molecule has 0 spiro atoms. The monoisotopic (exact) mass is 421 g/mol. The number of hydrazone groups is 1. The van der Waals surface area contributed by atoms with Gasteiger partial charge in [-0.3, -0.25) is 14.9 Å². The van der Waals surface area contributed by atoms with Gasteiger partial charge in [0.15, 0.2) is 0 Å². The van der Waals surface area contributed by atoms with Gasteiger partial charge in [-0.1, -0.05) is 29.3 Å². The van der Waals surface area contributed by atoms with E-state index in [4.69, 9.17) is 16.0 Å². The zero-order valence-electron chi connectivity index (χ0n) is 16.1. The van der Waals surface area contributed by atoms with E-state index in [0.29, 0.717) is 39.1 Å². The van der Waals surface area contributed by atoms with Crippen molar-refractivity contribution in [3.63, 3.8) is 0 Å². The highest BCUT2D eigenvalue weighted by Crippen LogP contribution is 2.33. The number of aryl methyl sites for hydroxylation is 1. The Morgan fingerprint density at radius 3 is 2.53 bits per heavy atom. The number of rotatable bonds is 4. The lowest BCUT2D eigenvalue weighted by Gasteiger charge is -2.11. The highest BCUT2D eigenvalue weighted by Gasteiger charge is 2.29. The second kappa shape index (κ2) is 7.61. The number of carbonyl (C=O) groups is 1. The Morgan fingerprint density at radius 2 is 1.83 bits per heavy atom. The number of halogens is 1. The third-order valence-electron chi connectivity index (χ3n) is 4.68. The molecule has 0 atom stereocenters. The van der Waals surface area contributed by atoms with Gasteiger partial charge in [-0.15, -0.1) is 0 Å². The van der Waals surface area contributed by atoms with Crippen molar-refractivity contribution in [1.29, 1.82) is 0 Å². The Labute approximate surface area is 177 Å². The van der Waals surface area contributed by atoms with Crippen molar-refractivity contribution < 1.29 is 14.1 Å². The minimum atomic E-state index is -0.498. The molecular formula is C22H16ClN3O4. The third kappa shape index (κ3) is 3.62. The molecule has 2 aromatic carbocycles. The normalized spacial score (nSPS) is 15.0. The molecule has 0 aliphatic carbocycles. The van der Waals surface area contributed by atoms with E-state index in [1.54, 1.807) is 25.1 Å². The molecule has 0 bridgehead atoms. The van der Waals surface area contributed by atoms with Gasteiger partial charge in [0, 0.05) is 17.7 Å². The van der Waals surface area contributed by atoms with Gasteiger partial charge in [0.1, 0.15) is 11.5 Å². The summed E-state index contributed by atoms with van der Waals surface area (Å²) < 4.78 is 5.79. The lowest BCUT2D eigenvalue weighted by Crippen LogP contribution is -2.21. The Kier molecular flexibility index (Phi) is 4.97. The highest BCUT2D eigenvalue weighted by molar-refractivity contribution is 6.33. The van der Waals surface area contributed by atoms with Gasteiger partial charge >= 0.3 is 0 Å². The van der Waals surface area contributed by atoms with E-state index < -0.39 is 4.92 Å². The summed E-state index contributed by atoms with van der Waals surface area (Å²) >= 11 is 6.18. The number of nitro groups is 1. The van der Waals surface area contributed by atoms with Crippen LogP contribution >= 0.6 is 11.6 Å². The van der Waals surface area contributed by atoms with E-state index in [0.717, 1.165) is 5.56 Å². The van der Waals surface area contributed by atoms with Crippen LogP contribution in [0.15, 0.2) is 69.7 Å². The maximum atomic E-state index is 12.9. The number of non-ortho nitro benzene ring substituents is 1. The zero-order valence-corrected chi connectivity index (χ0v) is 16.9. The largest absolute Gasteiger partial charge is 0.457 e. The molecule has 1 aliphatic rings. The first-order valence-corrected chi connectivity index (χ1v) is 9.44. The number of hydrogen-bond acceptors (Lipinski definition) is 5. The molecule has 0 saturated carbocycles. The van der Waals surface area contributed by atoms with Crippen molar-refractivity contribution >= 4 is 40.7 Å². The summed E-state index contributed by atoms with van der Waals surface area (Å²) in [5.41, 5.74) is 3.04. The van der Waals surface area contributed by atoms with Gasteiger partial charge in [-0.2, -0.15) is 10.1 Å². The quantitative estimate of drug-likeness (QED) is 0.310. The number of amides is 1. The van der Waals surface area contributed by atoms with E-state index in [1.807, 2.05) is 31.2 Å². The van der Waals surface area contributed by atoms with Crippen LogP contribution in [0.5, 0.6) is 0 Å². The summed E-state index contributed by atoms with van der Waals surface area (Å²) in [6.07, 6.45) is 1.60. The van der Waals surface area contributed by atoms with E-state index >= 15 is 0 Å². The Morgan fingerprint density at radius 1 is 1.10 bits per heavy atom. The van der Waals surface area contributed by atoms with Crippen molar-refractivity contribution in [2.24, 2.45) is 5.10 Å². The Hall–Kier alpha value is -3.71. The van der Waals surface area contributed by atoms with E-state index in [2.05, 4.69) is 5.10 Å². The van der Waals surface area contributed by atoms with Gasteiger partial charge in [0.2, 0.25) is 0 Å². The molecule has 1 aliphatic heterocycles. The third-order valence-corrected chi connectivity index (χ3v) is 5.01. The molecule has 150 valence electrons. The molecule has 8 heteroatoms. The minimum absolute atomic E-state index is 0.0895. The molecule has 0 fully saturated rings. The molecule has 1 aromatic heterocycles. The molecule has 0 saturated heterocycles. The Bertz CT molecular complexity index is 1230. The maximum absolute atomic E-state index is 12.9. The number of benzene rings is 2. The number of nitrogens with zero attached hydrogens (tertiary/aromatic N) is 3. The van der Waals surface area contributed by atoms with Crippen LogP contribution in [0.3, 0.4) is 0 Å². The standard InChI is InChI=1S/C22H16ClN3O4/c1-13-3-5-15(6-4-13)25-22(27)18(14(2)24-25)12-17-8-10-21(30-17)19-11-16(26(28)29)7-9-20(19)23/h3-12H,1-2H3/b18-12-. The SMILES string of the molecule is CC1=NN(c2ccc(C)cc2)C(=O)/C1=C\c1ccc(-c2cc([N+](=O)[O-])ccc2Cl)o1. The second-order valence-electron chi connectivity index (χ2n) is 6.82. The van der Waals surface area contributed by atoms with Crippen LogP contribution in [0.2, 0.25) is 5.02 Å². The number of hydrogen-bond donors (Lipinski definition) is 0. The van der Waals surface area contributed by atoms with Crippen molar-refractivity contribution in [2.75, 3.05) is 5.01 Å². The minimum Gasteiger partial charge on any atom is -0.457 e. The molecule has 0 unspecified atom stereocenters. The molecule has 30 heavy (non-hydrogen) atoms. The number of nitro benzene ring substituents is 1. The van der Waals surface area contributed by atoms with Crippen LogP contribution in [-0.4, -0.2) is 16.5 Å². The lowest BCUT2D eigenvalue weighted by molar-refractivity contribution is -0.384. The van der Waals surface area contributed by atoms with Crippen LogP contribution in [0.1, 0.15) is 18.2 Å². The van der Waals surface area contributed by atoms with E-state index in [1.165, 1.54) is 23.2 Å². The predicted octanol–water partition coefficient (Wildman–Crippen LogP) is 5.62. The average molecular weight is 422 g/mol. The molecule has 0 N–H and O–H groups in total. The molecular weight excluding hydrogens is 406 g/mol. The zero-order chi connectivity index (χ0) is 21.4. The summed E-state index contributed by atoms with van der Waals surface area (Å²) in [5, 5.41) is 17.1. The maximum Gasteiger partial charge on any atom is 0.280 e. The fourth-order valence-corrected chi connectivity index (χ4v) is 3.29. The Balaban J connectivity index is 1.64. The second-order valence-corrected chi connectivity index (χ2v) is 7.23. The van der Waals surface area contributed by atoms with Crippen molar-refractivity contribution in [1.82, 2.24) is 0 Å². The number of anilines is 1. The molecule has 3 aromatic rings. The summed E-state index contributed by atoms with van der Waals surface area (Å²) in [6, 6.07) is 15.0. The first-order chi connectivity index (χ1) is 14.3. The predicted molar refractivity (Wildman–Crippen MR) is 116 cm³/mol. The van der Waals surface area contributed by atoms with Crippen LogP contribution in [0.4, 0.5) is 11.4 Å². The van der Waals surface area contributed by atoms with Gasteiger partial charge in [0.05, 0.1) is 26.9 Å². The van der Waals surface area contributed by atoms with Crippen LogP contribution in [0, 0.1) is 17.0 Å². The topological polar surface area (TPSA) is 89.0 Å². The average Bonchev–Trinajstić information content (AvgIpc) is 3.29. The lowest BCUT2D eigenvalue weighted by atomic mass is 10.1. The highest BCUT2D eigenvalue weighted by atomic mass is 35.5. The summed E-state index contributed by atoms with van der Waals surface area (Å²) in [4.78, 5) is 23.4. The summed E-state index contributed by atoms with van der Waals surface area (Å²) in [5.74, 6) is 0.518. The van der Waals surface area contributed by atoms with Gasteiger partial charge < -0.3 is 4.42 Å². The van der Waals surface area contributed by atoms with Crippen LogP contribution in [0.25, 0.3) is 17.4 Å². The fourth-order valence-electron chi connectivity index (χ4n) is 3.08. The first-order valence-electron chi connectivity index (χ1n) is 9.06. The van der Waals surface area contributed by atoms with Gasteiger partial charge in [-0.05, 0) is 50.3 Å². The van der Waals surface area contributed by atoms with E-state index in [-0.39, 0.29) is 11.6 Å². The molecule has 7 nitrogen and oxygen atoms in total. The molecule has 2 heterocycles. The summed E-state index contributed by atoms with van der Waals surface area (Å²) in [6.45, 7) is 3.72.